The van der Waals surface area contributed by atoms with E-state index in [-0.39, 0.29) is 18.1 Å². The van der Waals surface area contributed by atoms with E-state index in [0.717, 1.165) is 38.4 Å². The molecule has 0 atom stereocenters. The van der Waals surface area contributed by atoms with Gasteiger partial charge in [-0.2, -0.15) is 0 Å². The van der Waals surface area contributed by atoms with Gasteiger partial charge in [0.15, 0.2) is 0 Å². The summed E-state index contributed by atoms with van der Waals surface area (Å²) in [5, 5.41) is 4.72. The highest BCUT2D eigenvalue weighted by Gasteiger charge is 2.09. The minimum Gasteiger partial charge on any atom is -0.497 e. The van der Waals surface area contributed by atoms with Crippen LogP contribution in [0.15, 0.2) is 52.2 Å². The number of hydrogen-bond donors (Lipinski definition) is 1. The summed E-state index contributed by atoms with van der Waals surface area (Å²) < 4.78 is 24.4. The third kappa shape index (κ3) is 6.47. The summed E-state index contributed by atoms with van der Waals surface area (Å²) in [6, 6.07) is 11.8. The van der Waals surface area contributed by atoms with Crippen LogP contribution in [0.25, 0.3) is 0 Å². The number of carbonyl (C=O) groups is 1. The Morgan fingerprint density at radius 2 is 1.79 bits per heavy atom. The van der Waals surface area contributed by atoms with E-state index in [0.29, 0.717) is 6.54 Å². The van der Waals surface area contributed by atoms with Gasteiger partial charge in [-0.1, -0.05) is 23.9 Å². The van der Waals surface area contributed by atoms with Gasteiger partial charge in [0, 0.05) is 23.7 Å². The Hall–Kier alpha value is -2.58. The second-order valence-electron chi connectivity index (χ2n) is 6.19. The summed E-state index contributed by atoms with van der Waals surface area (Å²) >= 11 is 3.11. The summed E-state index contributed by atoms with van der Waals surface area (Å²) in [5.41, 5.74) is 2.65. The van der Waals surface area contributed by atoms with Crippen LogP contribution in [0.4, 0.5) is 4.39 Å². The lowest BCUT2D eigenvalue weighted by Crippen LogP contribution is -2.24. The number of nitrogens with zero attached hydrogens (tertiary/aromatic N) is 1. The number of halogens is 1. The van der Waals surface area contributed by atoms with Crippen LogP contribution in [0, 0.1) is 5.82 Å². The van der Waals surface area contributed by atoms with Gasteiger partial charge in [0.25, 0.3) is 0 Å². The van der Waals surface area contributed by atoms with Crippen LogP contribution in [0.5, 0.6) is 11.5 Å². The van der Waals surface area contributed by atoms with Gasteiger partial charge in [-0.15, -0.1) is 11.3 Å². The predicted molar refractivity (Wildman–Crippen MR) is 113 cm³/mol. The van der Waals surface area contributed by atoms with E-state index in [1.165, 1.54) is 23.5 Å². The van der Waals surface area contributed by atoms with E-state index in [1.807, 2.05) is 23.6 Å². The van der Waals surface area contributed by atoms with Crippen LogP contribution in [-0.4, -0.2) is 25.1 Å². The lowest BCUT2D eigenvalue weighted by molar-refractivity contribution is -0.120. The van der Waals surface area contributed by atoms with Gasteiger partial charge in [0.05, 0.1) is 26.3 Å². The maximum Gasteiger partial charge on any atom is 0.226 e. The fourth-order valence-corrected chi connectivity index (χ4v) is 4.34. The Balaban J connectivity index is 1.50. The topological polar surface area (TPSA) is 60.5 Å². The molecule has 0 bridgehead atoms. The van der Waals surface area contributed by atoms with Gasteiger partial charge in [0.2, 0.25) is 5.91 Å². The number of ether oxygens (including phenoxy) is 2. The Morgan fingerprint density at radius 3 is 2.45 bits per heavy atom. The number of thiazole rings is 1. The quantitative estimate of drug-likeness (QED) is 0.506. The molecule has 5 nitrogen and oxygen atoms in total. The minimum absolute atomic E-state index is 0.117. The highest BCUT2D eigenvalue weighted by molar-refractivity contribution is 8.00. The number of rotatable bonds is 9. The average Bonchev–Trinajstić information content (AvgIpc) is 3.18. The molecule has 1 amide bonds. The Morgan fingerprint density at radius 1 is 1.10 bits per heavy atom. The second-order valence-corrected chi connectivity index (χ2v) is 8.27. The number of benzene rings is 2. The average molecular weight is 433 g/mol. The van der Waals surface area contributed by atoms with Gasteiger partial charge in [-0.3, -0.25) is 4.79 Å². The zero-order valence-corrected chi connectivity index (χ0v) is 17.7. The molecule has 3 aromatic rings. The monoisotopic (exact) mass is 432 g/mol. The van der Waals surface area contributed by atoms with Gasteiger partial charge in [-0.25, -0.2) is 9.37 Å². The molecular weight excluding hydrogens is 411 g/mol. The Kier molecular flexibility index (Phi) is 7.48. The maximum absolute atomic E-state index is 12.9. The zero-order valence-electron chi connectivity index (χ0n) is 16.1. The molecule has 2 aromatic carbocycles. The zero-order chi connectivity index (χ0) is 20.6. The molecular formula is C21H21FN2O3S2. The fraction of sp³-hybridized carbons (Fsp3) is 0.238. The highest BCUT2D eigenvalue weighted by Crippen LogP contribution is 2.30. The van der Waals surface area contributed by atoms with Crippen molar-refractivity contribution >= 4 is 29.0 Å². The molecule has 0 aliphatic carbocycles. The molecule has 3 rings (SSSR count). The molecule has 1 heterocycles. The molecule has 0 fully saturated rings. The van der Waals surface area contributed by atoms with E-state index >= 15 is 0 Å². The van der Waals surface area contributed by atoms with Crippen LogP contribution in [0.2, 0.25) is 0 Å². The molecule has 8 heteroatoms. The number of carbonyl (C=O) groups excluding carboxylic acids is 1. The molecule has 0 unspecified atom stereocenters. The number of methoxy groups -OCH3 is 2. The molecule has 152 valence electrons. The van der Waals surface area contributed by atoms with Gasteiger partial charge in [0.1, 0.15) is 21.7 Å². The predicted octanol–water partition coefficient (Wildman–Crippen LogP) is 4.45. The normalized spacial score (nSPS) is 10.6. The summed E-state index contributed by atoms with van der Waals surface area (Å²) in [4.78, 5) is 16.7. The van der Waals surface area contributed by atoms with E-state index in [1.54, 1.807) is 38.1 Å². The molecule has 1 aromatic heterocycles. The van der Waals surface area contributed by atoms with Crippen molar-refractivity contribution in [3.8, 4) is 11.5 Å². The SMILES string of the molecule is COc1cc(CSc2nc(CC(=O)NCc3ccc(F)cc3)cs2)cc(OC)c1. The van der Waals surface area contributed by atoms with Crippen molar-refractivity contribution in [3.05, 3.63) is 70.5 Å². The van der Waals surface area contributed by atoms with Crippen molar-refractivity contribution in [1.82, 2.24) is 10.3 Å². The minimum atomic E-state index is -0.292. The Labute approximate surface area is 177 Å². The van der Waals surface area contributed by atoms with Crippen molar-refractivity contribution in [2.45, 2.75) is 23.1 Å². The molecule has 0 saturated heterocycles. The molecule has 0 aliphatic rings. The van der Waals surface area contributed by atoms with E-state index < -0.39 is 0 Å². The van der Waals surface area contributed by atoms with E-state index in [2.05, 4.69) is 10.3 Å². The first kappa shape index (κ1) is 21.1. The molecule has 0 saturated carbocycles. The Bertz CT molecular complexity index is 939. The first-order valence-electron chi connectivity index (χ1n) is 8.86. The number of thioether (sulfide) groups is 1. The largest absolute Gasteiger partial charge is 0.497 e. The van der Waals surface area contributed by atoms with E-state index in [9.17, 15) is 9.18 Å². The third-order valence-electron chi connectivity index (χ3n) is 4.05. The number of hydrogen-bond acceptors (Lipinski definition) is 6. The van der Waals surface area contributed by atoms with Crippen LogP contribution < -0.4 is 14.8 Å². The fourth-order valence-electron chi connectivity index (χ4n) is 2.56. The van der Waals surface area contributed by atoms with Gasteiger partial charge < -0.3 is 14.8 Å². The second kappa shape index (κ2) is 10.3. The van der Waals surface area contributed by atoms with Crippen LogP contribution in [0.3, 0.4) is 0 Å². The molecule has 0 spiro atoms. The van der Waals surface area contributed by atoms with Crippen molar-refractivity contribution in [1.29, 1.82) is 0 Å². The summed E-state index contributed by atoms with van der Waals surface area (Å²) in [6.45, 7) is 0.364. The van der Waals surface area contributed by atoms with Crippen molar-refractivity contribution in [3.63, 3.8) is 0 Å². The molecule has 1 N–H and O–H groups in total. The first-order chi connectivity index (χ1) is 14.1. The summed E-state index contributed by atoms with van der Waals surface area (Å²) in [7, 11) is 3.25. The molecule has 0 aliphatic heterocycles. The number of amides is 1. The standard InChI is InChI=1S/C21H21FN2O3S2/c1-26-18-7-15(8-19(10-18)27-2)12-28-21-24-17(13-29-21)9-20(25)23-11-14-3-5-16(22)6-4-14/h3-8,10,13H,9,11-12H2,1-2H3,(H,23,25). The van der Waals surface area contributed by atoms with Crippen molar-refractivity contribution in [2.75, 3.05) is 14.2 Å². The summed E-state index contributed by atoms with van der Waals surface area (Å²) in [6.07, 6.45) is 0.214. The third-order valence-corrected chi connectivity index (χ3v) is 6.19. The maximum atomic E-state index is 12.9. The van der Waals surface area contributed by atoms with Crippen LogP contribution in [-0.2, 0) is 23.5 Å². The van der Waals surface area contributed by atoms with Gasteiger partial charge >= 0.3 is 0 Å². The number of nitrogens with one attached hydrogen (secondary N) is 1. The molecule has 0 radical (unpaired) electrons. The summed E-state index contributed by atoms with van der Waals surface area (Å²) in [5.74, 6) is 1.81. The van der Waals surface area contributed by atoms with Crippen molar-refractivity contribution < 1.29 is 18.7 Å². The lowest BCUT2D eigenvalue weighted by Gasteiger charge is -2.07. The van der Waals surface area contributed by atoms with Crippen molar-refractivity contribution in [2.24, 2.45) is 0 Å². The van der Waals surface area contributed by atoms with E-state index in [4.69, 9.17) is 9.47 Å². The van der Waals surface area contributed by atoms with Crippen LogP contribution in [0.1, 0.15) is 16.8 Å². The lowest BCUT2D eigenvalue weighted by atomic mass is 10.2. The van der Waals surface area contributed by atoms with Crippen LogP contribution >= 0.6 is 23.1 Å². The number of aromatic nitrogens is 1. The first-order valence-corrected chi connectivity index (χ1v) is 10.7. The highest BCUT2D eigenvalue weighted by atomic mass is 32.2. The van der Waals surface area contributed by atoms with Gasteiger partial charge in [-0.05, 0) is 35.4 Å². The molecule has 29 heavy (non-hydrogen) atoms. The smallest absolute Gasteiger partial charge is 0.226 e.